The SMILES string of the molecule is [C-]#[N+]c1cc(C#N)cc(-c2ccc3c(c2)c2cc(-c4cc(C#N)cc([N+]#[C-])c4)ccc2n3-c2cc(-c3cccc(C#N)c3)c(-n3c4ccc(-c5cc(C#N)cc([N+]#[C-])c5)cc4c4cc(-c5cc(C#N)cc([N+]#[C-])c5)ccc43)cc2[N+]#[C-])c1. The van der Waals surface area contributed by atoms with Crippen LogP contribution in [0.25, 0.3) is 135 Å². The standard InChI is InChI=1S/C70H30N12/c1-76-55-22-42(37-72)18-51(26-55)46-9-13-65-60(30-46)61-31-47(52-19-43(38-73)23-56(27-52)77-2)10-14-66(61)81(65)69-35-64(80-5)70(34-59(69)50-8-6-7-41(17-50)36-71)82-67-15-11-48(53-20-44(39-74)24-57(28-53)78-3)32-62(67)63-33-49(12-16-68(63)82)54-21-45(40-75)25-58(29-54)79-4/h6-35H. The van der Waals surface area contributed by atoms with Gasteiger partial charge >= 0.3 is 0 Å². The first-order chi connectivity index (χ1) is 40.1. The minimum atomic E-state index is 0.275. The van der Waals surface area contributed by atoms with Crippen molar-refractivity contribution in [2.75, 3.05) is 0 Å². The summed E-state index contributed by atoms with van der Waals surface area (Å²) in [6.45, 7) is 40.2. The summed E-state index contributed by atoms with van der Waals surface area (Å²) >= 11 is 0. The van der Waals surface area contributed by atoms with Crippen molar-refractivity contribution in [2.45, 2.75) is 0 Å². The zero-order chi connectivity index (χ0) is 56.8. The molecule has 0 saturated heterocycles. The highest BCUT2D eigenvalue weighted by Crippen LogP contribution is 2.46. The lowest BCUT2D eigenvalue weighted by Crippen LogP contribution is -2.01. The number of nitrogens with zero attached hydrogens (tertiary/aromatic N) is 12. The Morgan fingerprint density at radius 3 is 0.927 bits per heavy atom. The topological polar surface area (TPSA) is 151 Å². The van der Waals surface area contributed by atoms with E-state index in [-0.39, 0.29) is 5.69 Å². The van der Waals surface area contributed by atoms with Gasteiger partial charge in [-0.05, 0) is 196 Å². The average molecular weight is 1040 g/mol. The van der Waals surface area contributed by atoms with E-state index in [1.54, 1.807) is 78.9 Å². The van der Waals surface area contributed by atoms with Crippen molar-refractivity contribution in [1.82, 2.24) is 9.13 Å². The fraction of sp³-hybridized carbons (Fsp3) is 0. The van der Waals surface area contributed by atoms with Gasteiger partial charge < -0.3 is 9.13 Å². The molecule has 12 rings (SSSR count). The highest BCUT2D eigenvalue weighted by molar-refractivity contribution is 6.14. The molecule has 12 aromatic rings. The molecule has 370 valence electrons. The number of hydrogen-bond donors (Lipinski definition) is 0. The molecule has 0 spiro atoms. The maximum Gasteiger partial charge on any atom is 0.212 e. The van der Waals surface area contributed by atoms with Gasteiger partial charge in [-0.25, -0.2) is 24.2 Å². The van der Waals surface area contributed by atoms with Crippen LogP contribution in [-0.2, 0) is 0 Å². The zero-order valence-electron chi connectivity index (χ0n) is 42.7. The number of benzene rings is 10. The Kier molecular flexibility index (Phi) is 12.1. The lowest BCUT2D eigenvalue weighted by molar-refractivity contribution is 1.15. The molecule has 12 heteroatoms. The normalized spacial score (nSPS) is 10.6. The Bertz CT molecular complexity index is 4910. The van der Waals surface area contributed by atoms with Crippen LogP contribution in [0.3, 0.4) is 0 Å². The predicted octanol–water partition coefficient (Wildman–Crippen LogP) is 18.3. The van der Waals surface area contributed by atoms with Crippen molar-refractivity contribution >= 4 is 72.0 Å². The van der Waals surface area contributed by atoms with Crippen molar-refractivity contribution in [3.8, 4) is 97.4 Å². The number of nitriles is 5. The van der Waals surface area contributed by atoms with E-state index < -0.39 is 0 Å². The molecule has 2 aromatic heterocycles. The third-order valence-corrected chi connectivity index (χ3v) is 14.6. The van der Waals surface area contributed by atoms with E-state index in [4.69, 9.17) is 32.9 Å². The van der Waals surface area contributed by atoms with Crippen LogP contribution < -0.4 is 0 Å². The van der Waals surface area contributed by atoms with E-state index in [2.05, 4.69) is 59.1 Å². The molecular formula is C70H30N12. The van der Waals surface area contributed by atoms with Gasteiger partial charge in [0.1, 0.15) is 0 Å². The Morgan fingerprint density at radius 2 is 0.610 bits per heavy atom. The monoisotopic (exact) mass is 1040 g/mol. The predicted molar refractivity (Wildman–Crippen MR) is 317 cm³/mol. The van der Waals surface area contributed by atoms with Crippen LogP contribution in [0, 0.1) is 89.5 Å². The Hall–Kier alpha value is -13.3. The van der Waals surface area contributed by atoms with E-state index in [0.29, 0.717) is 95.3 Å². The van der Waals surface area contributed by atoms with Gasteiger partial charge in [-0.15, -0.1) is 0 Å². The smallest absolute Gasteiger partial charge is 0.212 e. The van der Waals surface area contributed by atoms with Crippen LogP contribution in [0.15, 0.2) is 182 Å². The van der Waals surface area contributed by atoms with Gasteiger partial charge in [0.2, 0.25) is 5.69 Å². The summed E-state index contributed by atoms with van der Waals surface area (Å²) in [5.41, 5.74) is 14.3. The molecule has 0 N–H and O–H groups in total. The van der Waals surface area contributed by atoms with Gasteiger partial charge in [-0.1, -0.05) is 36.4 Å². The summed E-state index contributed by atoms with van der Waals surface area (Å²) in [6.07, 6.45) is 0. The largest absolute Gasteiger partial charge is 0.319 e. The number of rotatable bonds is 7. The lowest BCUT2D eigenvalue weighted by Gasteiger charge is -2.19. The molecule has 82 heavy (non-hydrogen) atoms. The summed E-state index contributed by atoms with van der Waals surface area (Å²) < 4.78 is 4.12. The van der Waals surface area contributed by atoms with E-state index in [0.717, 1.165) is 65.9 Å². The van der Waals surface area contributed by atoms with Gasteiger partial charge in [0, 0.05) is 55.0 Å². The molecule has 12 nitrogen and oxygen atoms in total. The molecule has 0 aliphatic rings. The molecule has 0 amide bonds. The van der Waals surface area contributed by atoms with Crippen molar-refractivity contribution in [3.63, 3.8) is 0 Å². The van der Waals surface area contributed by atoms with Crippen molar-refractivity contribution < 1.29 is 0 Å². The van der Waals surface area contributed by atoms with Gasteiger partial charge in [-0.2, -0.15) is 26.3 Å². The van der Waals surface area contributed by atoms with Gasteiger partial charge in [-0.3, -0.25) is 0 Å². The third-order valence-electron chi connectivity index (χ3n) is 14.6. The van der Waals surface area contributed by atoms with E-state index >= 15 is 0 Å². The van der Waals surface area contributed by atoms with Crippen LogP contribution in [0.2, 0.25) is 0 Å². The Labute approximate surface area is 469 Å². The number of aromatic nitrogens is 2. The fourth-order valence-electron chi connectivity index (χ4n) is 10.9. The summed E-state index contributed by atoms with van der Waals surface area (Å²) in [5.74, 6) is 0. The van der Waals surface area contributed by atoms with Crippen LogP contribution in [0.5, 0.6) is 0 Å². The highest BCUT2D eigenvalue weighted by atomic mass is 15.0. The molecule has 0 bridgehead atoms. The Morgan fingerprint density at radius 1 is 0.280 bits per heavy atom. The molecule has 2 heterocycles. The summed E-state index contributed by atoms with van der Waals surface area (Å²) in [4.78, 5) is 18.8. The number of fused-ring (bicyclic) bond motifs is 6. The van der Waals surface area contributed by atoms with Crippen molar-refractivity contribution in [2.24, 2.45) is 0 Å². The molecule has 0 unspecified atom stereocenters. The first kappa shape index (κ1) is 49.6. The number of hydrogen-bond acceptors (Lipinski definition) is 5. The Balaban J connectivity index is 1.16. The van der Waals surface area contributed by atoms with Crippen LogP contribution in [-0.4, -0.2) is 9.13 Å². The second-order valence-electron chi connectivity index (χ2n) is 19.2. The van der Waals surface area contributed by atoms with Gasteiger partial charge in [0.25, 0.3) is 0 Å². The molecular weight excluding hydrogens is 1010 g/mol. The first-order valence-electron chi connectivity index (χ1n) is 25.1. The third kappa shape index (κ3) is 8.44. The highest BCUT2D eigenvalue weighted by Gasteiger charge is 2.24. The maximum atomic E-state index is 10.3. The van der Waals surface area contributed by atoms with E-state index in [9.17, 15) is 26.3 Å². The molecule has 0 saturated carbocycles. The molecule has 0 radical (unpaired) electrons. The van der Waals surface area contributed by atoms with E-state index in [1.807, 2.05) is 108 Å². The second-order valence-corrected chi connectivity index (χ2v) is 19.2. The molecule has 10 aromatic carbocycles. The van der Waals surface area contributed by atoms with Crippen LogP contribution >= 0.6 is 0 Å². The van der Waals surface area contributed by atoms with E-state index in [1.165, 1.54) is 0 Å². The molecule has 0 fully saturated rings. The van der Waals surface area contributed by atoms with Gasteiger partial charge in [0.15, 0.2) is 22.7 Å². The van der Waals surface area contributed by atoms with Crippen molar-refractivity contribution in [1.29, 1.82) is 26.3 Å². The minimum absolute atomic E-state index is 0.275. The zero-order valence-corrected chi connectivity index (χ0v) is 42.7. The maximum absolute atomic E-state index is 10.3. The van der Waals surface area contributed by atoms with Crippen molar-refractivity contribution in [3.05, 3.63) is 267 Å². The summed E-state index contributed by atoms with van der Waals surface area (Å²) in [7, 11) is 0. The summed E-state index contributed by atoms with van der Waals surface area (Å²) in [5, 5.41) is 53.3. The van der Waals surface area contributed by atoms with Crippen LogP contribution in [0.1, 0.15) is 27.8 Å². The average Bonchev–Trinajstić information content (AvgIpc) is 4.18. The molecule has 0 atom stereocenters. The van der Waals surface area contributed by atoms with Crippen LogP contribution in [0.4, 0.5) is 28.4 Å². The quantitative estimate of drug-likeness (QED) is 0.146. The van der Waals surface area contributed by atoms with Gasteiger partial charge in [0.05, 0.1) is 96.5 Å². The second kappa shape index (κ2) is 20.0. The summed E-state index contributed by atoms with van der Waals surface area (Å²) in [6, 6.07) is 65.8. The molecule has 0 aliphatic heterocycles. The minimum Gasteiger partial charge on any atom is -0.319 e. The first-order valence-corrected chi connectivity index (χ1v) is 25.1. The fourth-order valence-corrected chi connectivity index (χ4v) is 10.9. The molecule has 0 aliphatic carbocycles. The lowest BCUT2D eigenvalue weighted by atomic mass is 9.98.